The first kappa shape index (κ1) is 13.1. The molecule has 2 atom stereocenters. The van der Waals surface area contributed by atoms with Gasteiger partial charge in [-0.3, -0.25) is 4.98 Å². The van der Waals surface area contributed by atoms with Crippen molar-refractivity contribution in [2.24, 2.45) is 0 Å². The van der Waals surface area contributed by atoms with Gasteiger partial charge in [0.2, 0.25) is 0 Å². The average Bonchev–Trinajstić information content (AvgIpc) is 2.84. The minimum Gasteiger partial charge on any atom is -0.388 e. The number of aromatic nitrogens is 1. The Morgan fingerprint density at radius 2 is 2.21 bits per heavy atom. The van der Waals surface area contributed by atoms with Crippen LogP contribution in [0.4, 0.5) is 0 Å². The number of hydrogen-bond acceptors (Lipinski definition) is 2. The van der Waals surface area contributed by atoms with Gasteiger partial charge in [0.25, 0.3) is 0 Å². The highest BCUT2D eigenvalue weighted by Crippen LogP contribution is 2.42. The second-order valence-corrected chi connectivity index (χ2v) is 6.09. The summed E-state index contributed by atoms with van der Waals surface area (Å²) in [5.41, 5.74) is 3.09. The van der Waals surface area contributed by atoms with E-state index in [0.29, 0.717) is 5.02 Å². The number of fused-ring (bicyclic) bond motifs is 1. The topological polar surface area (TPSA) is 33.1 Å². The zero-order chi connectivity index (χ0) is 13.4. The summed E-state index contributed by atoms with van der Waals surface area (Å²) in [6, 6.07) is 9.53. The van der Waals surface area contributed by atoms with Gasteiger partial charge in [0.05, 0.1) is 6.10 Å². The monoisotopic (exact) mass is 337 g/mol. The molecule has 0 radical (unpaired) electrons. The molecule has 0 saturated carbocycles. The Kier molecular flexibility index (Phi) is 3.61. The van der Waals surface area contributed by atoms with Crippen LogP contribution in [-0.2, 0) is 6.42 Å². The van der Waals surface area contributed by atoms with Crippen molar-refractivity contribution in [2.45, 2.75) is 24.9 Å². The van der Waals surface area contributed by atoms with Crippen LogP contribution in [-0.4, -0.2) is 10.1 Å². The molecule has 1 aromatic carbocycles. The molecule has 0 spiro atoms. The van der Waals surface area contributed by atoms with Gasteiger partial charge in [-0.1, -0.05) is 33.6 Å². The molecule has 1 aromatic heterocycles. The van der Waals surface area contributed by atoms with Gasteiger partial charge in [-0.15, -0.1) is 0 Å². The van der Waals surface area contributed by atoms with E-state index in [1.807, 2.05) is 24.3 Å². The fourth-order valence-corrected chi connectivity index (χ4v) is 3.37. The summed E-state index contributed by atoms with van der Waals surface area (Å²) in [7, 11) is 0. The van der Waals surface area contributed by atoms with Crippen LogP contribution >= 0.6 is 27.5 Å². The third-order valence-corrected chi connectivity index (χ3v) is 4.62. The molecule has 2 aromatic rings. The fraction of sp³-hybridized carbons (Fsp3) is 0.267. The van der Waals surface area contributed by atoms with Gasteiger partial charge in [-0.2, -0.15) is 0 Å². The van der Waals surface area contributed by atoms with Crippen LogP contribution in [0.2, 0.25) is 5.02 Å². The molecule has 1 heterocycles. The second-order valence-electron chi connectivity index (χ2n) is 4.80. The number of nitrogens with zero attached hydrogens (tertiary/aromatic N) is 1. The lowest BCUT2D eigenvalue weighted by atomic mass is 9.93. The number of pyridine rings is 1. The molecule has 0 fully saturated rings. The Hall–Kier alpha value is -0.900. The van der Waals surface area contributed by atoms with Crippen LogP contribution < -0.4 is 0 Å². The highest BCUT2D eigenvalue weighted by molar-refractivity contribution is 9.10. The van der Waals surface area contributed by atoms with E-state index in [4.69, 9.17) is 11.6 Å². The molecule has 1 aliphatic rings. The van der Waals surface area contributed by atoms with Crippen LogP contribution in [0.5, 0.6) is 0 Å². The number of halogens is 2. The summed E-state index contributed by atoms with van der Waals surface area (Å²) in [5, 5.41) is 11.3. The van der Waals surface area contributed by atoms with E-state index in [1.165, 1.54) is 5.56 Å². The van der Waals surface area contributed by atoms with Crippen molar-refractivity contribution in [3.63, 3.8) is 0 Å². The van der Waals surface area contributed by atoms with E-state index in [-0.39, 0.29) is 5.92 Å². The number of aliphatic hydroxyl groups excluding tert-OH is 1. The van der Waals surface area contributed by atoms with Crippen molar-refractivity contribution in [1.82, 2.24) is 4.98 Å². The normalized spacial score (nSPS) is 19.2. The molecular formula is C15H13BrClNO. The Morgan fingerprint density at radius 1 is 1.37 bits per heavy atom. The summed E-state index contributed by atoms with van der Waals surface area (Å²) in [4.78, 5) is 4.43. The minimum absolute atomic E-state index is 0.0472. The molecule has 2 unspecified atom stereocenters. The maximum Gasteiger partial charge on any atom is 0.0885 e. The molecule has 1 N–H and O–H groups in total. The fourth-order valence-electron chi connectivity index (χ4n) is 2.71. The Morgan fingerprint density at radius 3 is 3.05 bits per heavy atom. The van der Waals surface area contributed by atoms with Crippen LogP contribution in [0.3, 0.4) is 0 Å². The standard InChI is InChI=1S/C15H13BrClNO/c16-13-6-4-10(17)8-12(13)15(19)11-5-3-9-2-1-7-18-14(9)11/h1-2,4,6-8,11,15,19H,3,5H2. The number of aliphatic hydroxyl groups is 1. The van der Waals surface area contributed by atoms with Crippen molar-refractivity contribution >= 4 is 27.5 Å². The molecule has 1 aliphatic carbocycles. The summed E-state index contributed by atoms with van der Waals surface area (Å²) in [6.07, 6.45) is 3.11. The number of benzene rings is 1. The van der Waals surface area contributed by atoms with Crippen molar-refractivity contribution in [3.8, 4) is 0 Å². The molecule has 3 rings (SSSR count). The van der Waals surface area contributed by atoms with E-state index in [9.17, 15) is 5.11 Å². The van der Waals surface area contributed by atoms with Crippen molar-refractivity contribution in [3.05, 3.63) is 62.8 Å². The molecule has 4 heteroatoms. The third-order valence-electron chi connectivity index (χ3n) is 3.66. The van der Waals surface area contributed by atoms with Gasteiger partial charge in [0.1, 0.15) is 0 Å². The van der Waals surface area contributed by atoms with Gasteiger partial charge >= 0.3 is 0 Å². The van der Waals surface area contributed by atoms with E-state index < -0.39 is 6.10 Å². The third kappa shape index (κ3) is 2.42. The predicted octanol–water partition coefficient (Wildman–Crippen LogP) is 4.26. The first-order valence-corrected chi connectivity index (χ1v) is 7.40. The largest absolute Gasteiger partial charge is 0.388 e. The number of aryl methyl sites for hydroxylation is 1. The second kappa shape index (κ2) is 5.23. The zero-order valence-corrected chi connectivity index (χ0v) is 12.5. The molecule has 2 nitrogen and oxygen atoms in total. The lowest BCUT2D eigenvalue weighted by Crippen LogP contribution is -2.10. The van der Waals surface area contributed by atoms with Gasteiger partial charge < -0.3 is 5.11 Å². The molecule has 0 saturated heterocycles. The maximum atomic E-state index is 10.6. The minimum atomic E-state index is -0.579. The quantitative estimate of drug-likeness (QED) is 0.887. The molecule has 0 amide bonds. The van der Waals surface area contributed by atoms with Gasteiger partial charge in [0.15, 0.2) is 0 Å². The van der Waals surface area contributed by atoms with Crippen LogP contribution in [0.1, 0.15) is 35.3 Å². The number of hydrogen-bond donors (Lipinski definition) is 1. The van der Waals surface area contributed by atoms with E-state index in [1.54, 1.807) is 6.20 Å². The van der Waals surface area contributed by atoms with Crippen molar-refractivity contribution < 1.29 is 5.11 Å². The van der Waals surface area contributed by atoms with Gasteiger partial charge in [-0.25, -0.2) is 0 Å². The van der Waals surface area contributed by atoms with E-state index in [0.717, 1.165) is 28.6 Å². The lowest BCUT2D eigenvalue weighted by molar-refractivity contribution is 0.142. The van der Waals surface area contributed by atoms with Gasteiger partial charge in [0, 0.05) is 27.3 Å². The Labute approximate surface area is 125 Å². The van der Waals surface area contributed by atoms with Gasteiger partial charge in [-0.05, 0) is 48.2 Å². The smallest absolute Gasteiger partial charge is 0.0885 e. The first-order valence-electron chi connectivity index (χ1n) is 6.23. The summed E-state index contributed by atoms with van der Waals surface area (Å²) in [5.74, 6) is 0.0472. The van der Waals surface area contributed by atoms with E-state index in [2.05, 4.69) is 27.0 Å². The summed E-state index contributed by atoms with van der Waals surface area (Å²) in [6.45, 7) is 0. The summed E-state index contributed by atoms with van der Waals surface area (Å²) < 4.78 is 0.883. The van der Waals surface area contributed by atoms with Crippen molar-refractivity contribution in [1.29, 1.82) is 0 Å². The average molecular weight is 339 g/mol. The lowest BCUT2D eigenvalue weighted by Gasteiger charge is -2.20. The first-order chi connectivity index (χ1) is 9.16. The number of rotatable bonds is 2. The molecular weight excluding hydrogens is 326 g/mol. The Balaban J connectivity index is 1.97. The molecule has 0 aliphatic heterocycles. The SMILES string of the molecule is OC(c1cc(Cl)ccc1Br)C1CCc2cccnc21. The van der Waals surface area contributed by atoms with E-state index >= 15 is 0 Å². The highest BCUT2D eigenvalue weighted by Gasteiger charge is 2.31. The van der Waals surface area contributed by atoms with Crippen LogP contribution in [0.15, 0.2) is 41.0 Å². The Bertz CT molecular complexity index is 617. The predicted molar refractivity (Wildman–Crippen MR) is 79.4 cm³/mol. The molecule has 0 bridgehead atoms. The van der Waals surface area contributed by atoms with Crippen LogP contribution in [0.25, 0.3) is 0 Å². The summed E-state index contributed by atoms with van der Waals surface area (Å²) >= 11 is 9.50. The van der Waals surface area contributed by atoms with Crippen LogP contribution in [0, 0.1) is 0 Å². The molecule has 19 heavy (non-hydrogen) atoms. The highest BCUT2D eigenvalue weighted by atomic mass is 79.9. The van der Waals surface area contributed by atoms with Crippen molar-refractivity contribution in [2.75, 3.05) is 0 Å². The zero-order valence-electron chi connectivity index (χ0n) is 10.2. The maximum absolute atomic E-state index is 10.6. The molecule has 98 valence electrons.